The summed E-state index contributed by atoms with van der Waals surface area (Å²) >= 11 is 0. The first-order chi connectivity index (χ1) is 9.91. The number of hydrogen-bond acceptors (Lipinski definition) is 2. The summed E-state index contributed by atoms with van der Waals surface area (Å²) in [5.41, 5.74) is 1.84. The predicted molar refractivity (Wildman–Crippen MR) is 70.4 cm³/mol. The zero-order valence-corrected chi connectivity index (χ0v) is 9.50. The number of fused-ring (bicyclic) bond motifs is 2. The third kappa shape index (κ3) is 1.40. The van der Waals surface area contributed by atoms with Gasteiger partial charge in [0, 0.05) is 22.5 Å². The van der Waals surface area contributed by atoms with Crippen LogP contribution in [0.5, 0.6) is 0 Å². The SMILES string of the molecule is [2H]C([2H])([2H])N1c2ccccc2C(C(=O)O)c2ccccc21. The summed E-state index contributed by atoms with van der Waals surface area (Å²) in [5, 5.41) is 9.56. The Bertz CT molecular complexity index is 665. The maximum atomic E-state index is 11.7. The largest absolute Gasteiger partial charge is 0.481 e. The van der Waals surface area contributed by atoms with Crippen LogP contribution < -0.4 is 4.90 Å². The van der Waals surface area contributed by atoms with Crippen LogP contribution in [0.4, 0.5) is 11.4 Å². The molecule has 0 radical (unpaired) electrons. The number of aliphatic carboxylic acids is 1. The minimum absolute atomic E-state index is 0.420. The minimum Gasteiger partial charge on any atom is -0.481 e. The van der Waals surface area contributed by atoms with Gasteiger partial charge in [0.1, 0.15) is 5.92 Å². The molecule has 0 fully saturated rings. The van der Waals surface area contributed by atoms with Crippen molar-refractivity contribution >= 4 is 17.3 Å². The van der Waals surface area contributed by atoms with Gasteiger partial charge in [-0.3, -0.25) is 4.79 Å². The van der Waals surface area contributed by atoms with Crippen molar-refractivity contribution in [2.24, 2.45) is 0 Å². The molecule has 0 aliphatic carbocycles. The van der Waals surface area contributed by atoms with Crippen molar-refractivity contribution in [2.75, 3.05) is 11.9 Å². The summed E-state index contributed by atoms with van der Waals surface area (Å²) in [6, 6.07) is 13.5. The normalized spacial score (nSPS) is 17.1. The summed E-state index contributed by atoms with van der Waals surface area (Å²) in [6.07, 6.45) is 0. The van der Waals surface area contributed by atoms with Crippen LogP contribution in [0.3, 0.4) is 0 Å². The third-order valence-electron chi connectivity index (χ3n) is 3.22. The molecule has 3 nitrogen and oxygen atoms in total. The number of anilines is 2. The van der Waals surface area contributed by atoms with Gasteiger partial charge in [0.25, 0.3) is 0 Å². The van der Waals surface area contributed by atoms with E-state index in [0.717, 1.165) is 0 Å². The number of nitrogens with zero attached hydrogens (tertiary/aromatic N) is 1. The van der Waals surface area contributed by atoms with Gasteiger partial charge in [-0.25, -0.2) is 0 Å². The van der Waals surface area contributed by atoms with Crippen LogP contribution in [0.2, 0.25) is 0 Å². The number of hydrogen-bond donors (Lipinski definition) is 1. The van der Waals surface area contributed by atoms with Gasteiger partial charge in [0.15, 0.2) is 0 Å². The second-order valence-electron chi connectivity index (χ2n) is 4.22. The van der Waals surface area contributed by atoms with Gasteiger partial charge in [0.05, 0.1) is 0 Å². The summed E-state index contributed by atoms with van der Waals surface area (Å²) < 4.78 is 23.3. The van der Waals surface area contributed by atoms with E-state index < -0.39 is 18.9 Å². The summed E-state index contributed by atoms with van der Waals surface area (Å²) in [4.78, 5) is 12.9. The second kappa shape index (κ2) is 3.88. The Balaban J connectivity index is 2.34. The molecule has 0 spiro atoms. The Hall–Kier alpha value is -2.29. The van der Waals surface area contributed by atoms with Crippen LogP contribution in [0.1, 0.15) is 21.2 Å². The molecule has 1 N–H and O–H groups in total. The molecule has 0 atom stereocenters. The van der Waals surface area contributed by atoms with Crippen molar-refractivity contribution in [1.82, 2.24) is 0 Å². The standard InChI is InChI=1S/C15H13NO2/c1-16-12-8-4-2-6-10(12)14(15(17)18)11-7-3-5-9-13(11)16/h2-9,14H,1H3,(H,17,18)/i1D3. The first-order valence-electron chi connectivity index (χ1n) is 7.12. The Morgan fingerprint density at radius 3 is 2.06 bits per heavy atom. The van der Waals surface area contributed by atoms with Crippen LogP contribution in [0.25, 0.3) is 0 Å². The first-order valence-corrected chi connectivity index (χ1v) is 5.62. The van der Waals surface area contributed by atoms with E-state index in [2.05, 4.69) is 0 Å². The molecule has 18 heavy (non-hydrogen) atoms. The molecule has 0 bridgehead atoms. The number of carboxylic acid groups (broad SMARTS) is 1. The van der Waals surface area contributed by atoms with Gasteiger partial charge in [-0.05, 0) is 23.3 Å². The van der Waals surface area contributed by atoms with E-state index in [1.165, 1.54) is 4.90 Å². The van der Waals surface area contributed by atoms with Crippen LogP contribution in [-0.4, -0.2) is 18.1 Å². The highest BCUT2D eigenvalue weighted by atomic mass is 16.4. The highest BCUT2D eigenvalue weighted by molar-refractivity contribution is 5.90. The van der Waals surface area contributed by atoms with Gasteiger partial charge < -0.3 is 10.0 Å². The van der Waals surface area contributed by atoms with E-state index in [9.17, 15) is 9.90 Å². The lowest BCUT2D eigenvalue weighted by molar-refractivity contribution is -0.137. The zero-order chi connectivity index (χ0) is 15.2. The molecule has 0 aromatic heterocycles. The Labute approximate surface area is 110 Å². The summed E-state index contributed by atoms with van der Waals surface area (Å²) in [7, 11) is 0. The predicted octanol–water partition coefficient (Wildman–Crippen LogP) is 2.98. The van der Waals surface area contributed by atoms with Gasteiger partial charge >= 0.3 is 5.97 Å². The molecule has 2 aromatic carbocycles. The molecule has 90 valence electrons. The number of benzene rings is 2. The molecule has 0 unspecified atom stereocenters. The minimum atomic E-state index is -2.38. The van der Waals surface area contributed by atoms with Crippen LogP contribution in [0, 0.1) is 0 Å². The van der Waals surface area contributed by atoms with Gasteiger partial charge in [-0.2, -0.15) is 0 Å². The van der Waals surface area contributed by atoms with Crippen molar-refractivity contribution in [3.8, 4) is 0 Å². The smallest absolute Gasteiger partial charge is 0.315 e. The highest BCUT2D eigenvalue weighted by Crippen LogP contribution is 2.44. The zero-order valence-electron chi connectivity index (χ0n) is 12.5. The van der Waals surface area contributed by atoms with Crippen molar-refractivity contribution in [2.45, 2.75) is 5.92 Å². The van der Waals surface area contributed by atoms with E-state index in [-0.39, 0.29) is 0 Å². The fourth-order valence-corrected chi connectivity index (χ4v) is 2.43. The van der Waals surface area contributed by atoms with E-state index in [1.807, 2.05) is 0 Å². The number of carbonyl (C=O) groups is 1. The lowest BCUT2D eigenvalue weighted by Gasteiger charge is -2.33. The quantitative estimate of drug-likeness (QED) is 0.835. The highest BCUT2D eigenvalue weighted by Gasteiger charge is 2.32. The van der Waals surface area contributed by atoms with Crippen LogP contribution in [-0.2, 0) is 4.79 Å². The Morgan fingerprint density at radius 2 is 1.61 bits per heavy atom. The van der Waals surface area contributed by atoms with E-state index in [0.29, 0.717) is 22.5 Å². The van der Waals surface area contributed by atoms with Crippen LogP contribution in [0.15, 0.2) is 48.5 Å². The van der Waals surface area contributed by atoms with Gasteiger partial charge in [0.2, 0.25) is 0 Å². The average Bonchev–Trinajstić information content (AvgIpc) is 2.42. The van der Waals surface area contributed by atoms with Crippen molar-refractivity contribution < 1.29 is 14.0 Å². The summed E-state index contributed by atoms with van der Waals surface area (Å²) in [5.74, 6) is -1.84. The fourth-order valence-electron chi connectivity index (χ4n) is 2.43. The van der Waals surface area contributed by atoms with Crippen molar-refractivity contribution in [1.29, 1.82) is 0 Å². The molecule has 0 saturated heterocycles. The first kappa shape index (κ1) is 7.93. The molecule has 1 heterocycles. The van der Waals surface area contributed by atoms with Crippen LogP contribution >= 0.6 is 0 Å². The van der Waals surface area contributed by atoms with Gasteiger partial charge in [-0.15, -0.1) is 0 Å². The molecule has 1 aliphatic heterocycles. The maximum Gasteiger partial charge on any atom is 0.315 e. The topological polar surface area (TPSA) is 40.5 Å². The molecule has 1 aliphatic rings. The van der Waals surface area contributed by atoms with E-state index in [4.69, 9.17) is 4.11 Å². The molecule has 3 heteroatoms. The molecule has 3 rings (SSSR count). The molecular formula is C15H13NO2. The number of carboxylic acids is 1. The monoisotopic (exact) mass is 242 g/mol. The fraction of sp³-hybridized carbons (Fsp3) is 0.133. The van der Waals surface area contributed by atoms with Crippen molar-refractivity contribution in [3.05, 3.63) is 59.7 Å². The molecule has 0 saturated carbocycles. The lowest BCUT2D eigenvalue weighted by atomic mass is 9.85. The third-order valence-corrected chi connectivity index (χ3v) is 3.22. The Morgan fingerprint density at radius 1 is 1.11 bits per heavy atom. The van der Waals surface area contributed by atoms with Gasteiger partial charge in [-0.1, -0.05) is 36.4 Å². The van der Waals surface area contributed by atoms with E-state index in [1.54, 1.807) is 48.5 Å². The lowest BCUT2D eigenvalue weighted by Crippen LogP contribution is -2.25. The average molecular weight is 242 g/mol. The molecule has 2 aromatic rings. The number of para-hydroxylation sites is 2. The maximum absolute atomic E-state index is 11.7. The second-order valence-corrected chi connectivity index (χ2v) is 4.22. The van der Waals surface area contributed by atoms with Crippen molar-refractivity contribution in [3.63, 3.8) is 0 Å². The summed E-state index contributed by atoms with van der Waals surface area (Å²) in [6.45, 7) is -2.38. The molecular weight excluding hydrogens is 226 g/mol. The Kier molecular flexibility index (Phi) is 1.71. The molecule has 0 amide bonds. The van der Waals surface area contributed by atoms with E-state index >= 15 is 0 Å². The number of rotatable bonds is 1.